The molecule has 0 amide bonds. The fourth-order valence-corrected chi connectivity index (χ4v) is 6.88. The number of hydrogen-bond acceptors (Lipinski definition) is 7. The standard InChI is InChI=1S/C33H40ClFN6O/c1-21-8-5-6-9-23(21)17-25(42)16-22(2)28-27(34)18-26-30(29(28)35)37-32(41-19-24(20-41)39(3)4)38-31(26)40-14-11-33(12-15-40)10-7-13-36-33/h5-6,8-9,16-18,24,36,42H,7,10-15,19-20H2,1-4H3/b22-16+,25-17+. The van der Waals surface area contributed by atoms with Crippen molar-refractivity contribution in [3.8, 4) is 0 Å². The molecule has 3 aromatic rings. The molecule has 3 fully saturated rings. The number of aromatic nitrogens is 2. The van der Waals surface area contributed by atoms with E-state index in [1.54, 1.807) is 25.1 Å². The van der Waals surface area contributed by atoms with Gasteiger partial charge in [0, 0.05) is 48.7 Å². The number of hydrogen-bond donors (Lipinski definition) is 2. The van der Waals surface area contributed by atoms with Crippen LogP contribution in [0, 0.1) is 12.7 Å². The van der Waals surface area contributed by atoms with Crippen molar-refractivity contribution in [1.29, 1.82) is 0 Å². The number of nitrogens with one attached hydrogen (secondary N) is 1. The SMILES string of the molecule is C/C(=C\C(O)=C/c1ccccc1C)c1c(Cl)cc2c(N3CCC4(CCCN4)CC3)nc(N3CC(N(C)C)C3)nc2c1F. The van der Waals surface area contributed by atoms with Crippen molar-refractivity contribution in [3.05, 3.63) is 69.7 Å². The number of halogens is 2. The zero-order valence-corrected chi connectivity index (χ0v) is 25.7. The predicted octanol–water partition coefficient (Wildman–Crippen LogP) is 6.21. The molecule has 0 radical (unpaired) electrons. The van der Waals surface area contributed by atoms with Gasteiger partial charge in [0.1, 0.15) is 17.1 Å². The average molecular weight is 591 g/mol. The minimum atomic E-state index is -0.490. The van der Waals surface area contributed by atoms with Gasteiger partial charge in [0.25, 0.3) is 0 Å². The lowest BCUT2D eigenvalue weighted by Crippen LogP contribution is -2.58. The van der Waals surface area contributed by atoms with E-state index in [0.717, 1.165) is 62.5 Å². The second kappa shape index (κ2) is 11.5. The smallest absolute Gasteiger partial charge is 0.228 e. The number of likely N-dealkylation sites (N-methyl/N-ethyl adjacent to an activating group) is 1. The van der Waals surface area contributed by atoms with Crippen LogP contribution in [0.4, 0.5) is 16.2 Å². The Bertz CT molecular complexity index is 1550. The minimum absolute atomic E-state index is 0.0273. The van der Waals surface area contributed by atoms with Gasteiger partial charge in [0.05, 0.1) is 5.02 Å². The molecular weight excluding hydrogens is 551 g/mol. The molecule has 3 aliphatic heterocycles. The molecule has 1 spiro atoms. The number of anilines is 2. The van der Waals surface area contributed by atoms with E-state index in [0.29, 0.717) is 22.9 Å². The zero-order chi connectivity index (χ0) is 29.6. The maximum atomic E-state index is 16.5. The molecule has 6 rings (SSSR count). The van der Waals surface area contributed by atoms with Crippen LogP contribution >= 0.6 is 11.6 Å². The van der Waals surface area contributed by atoms with Gasteiger partial charge in [-0.15, -0.1) is 0 Å². The number of nitrogens with zero attached hydrogens (tertiary/aromatic N) is 5. The van der Waals surface area contributed by atoms with Gasteiger partial charge >= 0.3 is 0 Å². The predicted molar refractivity (Wildman–Crippen MR) is 171 cm³/mol. The number of allylic oxidation sites excluding steroid dienone is 2. The Labute approximate surface area is 252 Å². The fourth-order valence-electron chi connectivity index (χ4n) is 6.54. The van der Waals surface area contributed by atoms with Gasteiger partial charge in [0.2, 0.25) is 5.95 Å². The van der Waals surface area contributed by atoms with Crippen molar-refractivity contribution >= 4 is 45.9 Å². The highest BCUT2D eigenvalue weighted by atomic mass is 35.5. The highest BCUT2D eigenvalue weighted by Gasteiger charge is 2.38. The van der Waals surface area contributed by atoms with Crippen molar-refractivity contribution in [2.24, 2.45) is 0 Å². The van der Waals surface area contributed by atoms with Crippen LogP contribution in [0.3, 0.4) is 0 Å². The second-order valence-electron chi connectivity index (χ2n) is 12.4. The number of benzene rings is 2. The van der Waals surface area contributed by atoms with Gasteiger partial charge in [-0.1, -0.05) is 35.9 Å². The minimum Gasteiger partial charge on any atom is -0.508 e. The highest BCUT2D eigenvalue weighted by molar-refractivity contribution is 6.33. The lowest BCUT2D eigenvalue weighted by Gasteiger charge is -2.43. The van der Waals surface area contributed by atoms with Crippen molar-refractivity contribution in [3.63, 3.8) is 0 Å². The van der Waals surface area contributed by atoms with Gasteiger partial charge in [-0.3, -0.25) is 0 Å². The maximum Gasteiger partial charge on any atom is 0.228 e. The lowest BCUT2D eigenvalue weighted by molar-refractivity contribution is 0.245. The Morgan fingerprint density at radius 2 is 1.88 bits per heavy atom. The first-order valence-electron chi connectivity index (χ1n) is 14.9. The summed E-state index contributed by atoms with van der Waals surface area (Å²) in [6.07, 6.45) is 7.72. The van der Waals surface area contributed by atoms with Crippen LogP contribution < -0.4 is 15.1 Å². The van der Waals surface area contributed by atoms with Gasteiger partial charge in [-0.25, -0.2) is 9.37 Å². The molecule has 0 aliphatic carbocycles. The van der Waals surface area contributed by atoms with Gasteiger partial charge in [-0.2, -0.15) is 4.98 Å². The molecule has 0 atom stereocenters. The molecule has 2 aromatic carbocycles. The molecular formula is C33H40ClFN6O. The number of aryl methyl sites for hydroxylation is 1. The molecule has 222 valence electrons. The van der Waals surface area contributed by atoms with E-state index < -0.39 is 5.82 Å². The number of rotatable bonds is 6. The van der Waals surface area contributed by atoms with E-state index in [1.165, 1.54) is 12.8 Å². The number of aliphatic hydroxyl groups excluding tert-OH is 1. The van der Waals surface area contributed by atoms with E-state index >= 15 is 4.39 Å². The third-order valence-electron chi connectivity index (χ3n) is 9.33. The largest absolute Gasteiger partial charge is 0.508 e. The third kappa shape index (κ3) is 5.48. The van der Waals surface area contributed by atoms with Crippen LogP contribution in [0.5, 0.6) is 0 Å². The van der Waals surface area contributed by atoms with Gasteiger partial charge in [-0.05, 0) is 95.1 Å². The Kier molecular flexibility index (Phi) is 7.89. The molecule has 2 N–H and O–H groups in total. The molecule has 3 saturated heterocycles. The van der Waals surface area contributed by atoms with E-state index in [1.807, 2.05) is 31.2 Å². The van der Waals surface area contributed by atoms with Crippen LogP contribution in [0.2, 0.25) is 5.02 Å². The summed E-state index contributed by atoms with van der Waals surface area (Å²) < 4.78 is 16.5. The quantitative estimate of drug-likeness (QED) is 0.261. The van der Waals surface area contributed by atoms with E-state index in [4.69, 9.17) is 21.6 Å². The third-order valence-corrected chi connectivity index (χ3v) is 9.63. The molecule has 1 aromatic heterocycles. The zero-order valence-electron chi connectivity index (χ0n) is 24.9. The summed E-state index contributed by atoms with van der Waals surface area (Å²) >= 11 is 6.79. The van der Waals surface area contributed by atoms with Crippen molar-refractivity contribution < 1.29 is 9.50 Å². The van der Waals surface area contributed by atoms with Crippen LogP contribution in [0.15, 0.2) is 42.2 Å². The van der Waals surface area contributed by atoms with Crippen molar-refractivity contribution in [2.75, 3.05) is 56.6 Å². The summed E-state index contributed by atoms with van der Waals surface area (Å²) in [5.74, 6) is 0.827. The maximum absolute atomic E-state index is 16.5. The van der Waals surface area contributed by atoms with E-state index in [-0.39, 0.29) is 27.4 Å². The first kappa shape index (κ1) is 28.9. The summed E-state index contributed by atoms with van der Waals surface area (Å²) in [7, 11) is 4.14. The summed E-state index contributed by atoms with van der Waals surface area (Å²) in [6, 6.07) is 9.99. The number of aliphatic hydroxyl groups is 1. The van der Waals surface area contributed by atoms with Crippen molar-refractivity contribution in [2.45, 2.75) is 51.1 Å². The fraction of sp³-hybridized carbons (Fsp3) is 0.455. The molecule has 9 heteroatoms. The second-order valence-corrected chi connectivity index (χ2v) is 12.8. The first-order valence-corrected chi connectivity index (χ1v) is 15.3. The van der Waals surface area contributed by atoms with E-state index in [2.05, 4.69) is 34.1 Å². The summed E-state index contributed by atoms with van der Waals surface area (Å²) in [5, 5.41) is 15.4. The Morgan fingerprint density at radius 3 is 2.55 bits per heavy atom. The topological polar surface area (TPSA) is 67.8 Å². The number of piperidine rings is 1. The number of fused-ring (bicyclic) bond motifs is 1. The van der Waals surface area contributed by atoms with E-state index in [9.17, 15) is 5.11 Å². The lowest BCUT2D eigenvalue weighted by atomic mass is 9.86. The van der Waals surface area contributed by atoms with Crippen LogP contribution in [0.1, 0.15) is 49.3 Å². The average Bonchev–Trinajstić information content (AvgIpc) is 3.37. The molecule has 0 bridgehead atoms. The first-order chi connectivity index (χ1) is 20.1. The Balaban J connectivity index is 1.40. The molecule has 42 heavy (non-hydrogen) atoms. The summed E-state index contributed by atoms with van der Waals surface area (Å²) in [4.78, 5) is 16.4. The molecule has 3 aliphatic rings. The summed E-state index contributed by atoms with van der Waals surface area (Å²) in [5.41, 5.74) is 3.17. The molecule has 4 heterocycles. The van der Waals surface area contributed by atoms with Gasteiger partial charge in [0.15, 0.2) is 5.82 Å². The Hall–Kier alpha value is -3.20. The van der Waals surface area contributed by atoms with Crippen LogP contribution in [-0.2, 0) is 0 Å². The Morgan fingerprint density at radius 1 is 1.14 bits per heavy atom. The normalized spacial score (nSPS) is 19.8. The monoisotopic (exact) mass is 590 g/mol. The van der Waals surface area contributed by atoms with Crippen molar-refractivity contribution in [1.82, 2.24) is 20.2 Å². The van der Waals surface area contributed by atoms with Crippen LogP contribution in [-0.4, -0.2) is 78.4 Å². The molecule has 0 saturated carbocycles. The molecule has 7 nitrogen and oxygen atoms in total. The molecule has 0 unspecified atom stereocenters. The summed E-state index contributed by atoms with van der Waals surface area (Å²) in [6.45, 7) is 8.10. The highest BCUT2D eigenvalue weighted by Crippen LogP contribution is 2.40. The van der Waals surface area contributed by atoms with Crippen LogP contribution in [0.25, 0.3) is 22.6 Å². The van der Waals surface area contributed by atoms with Gasteiger partial charge < -0.3 is 25.1 Å².